The van der Waals surface area contributed by atoms with Crippen LogP contribution in [0, 0.1) is 10.4 Å². The van der Waals surface area contributed by atoms with Crippen molar-refractivity contribution in [3.63, 3.8) is 0 Å². The van der Waals surface area contributed by atoms with Crippen LogP contribution >= 0.6 is 0 Å². The predicted octanol–water partition coefficient (Wildman–Crippen LogP) is -1.92. The summed E-state index contributed by atoms with van der Waals surface area (Å²) in [6.07, 6.45) is 0. The number of carbonyl (C=O) groups is 2. The van der Waals surface area contributed by atoms with E-state index < -0.39 is 11.8 Å². The van der Waals surface area contributed by atoms with Gasteiger partial charge in [0.05, 0.1) is 10.7 Å². The topological polar surface area (TPSA) is 129 Å². The Balaban J connectivity index is 0.000000173. The molecule has 0 unspecified atom stereocenters. The first kappa shape index (κ1) is 18.5. The fraction of sp³-hybridized carbons (Fsp3) is 0. The van der Waals surface area contributed by atoms with Crippen molar-refractivity contribution in [2.45, 2.75) is 0 Å². The van der Waals surface area contributed by atoms with Crippen molar-refractivity contribution in [1.29, 1.82) is 0 Å². The van der Waals surface area contributed by atoms with Crippen molar-refractivity contribution in [2.24, 2.45) is 9.98 Å². The van der Waals surface area contributed by atoms with E-state index in [9.17, 15) is 20.0 Å². The van der Waals surface area contributed by atoms with Crippen molar-refractivity contribution in [3.05, 3.63) is 80.1 Å². The fourth-order valence-corrected chi connectivity index (χ4v) is 2.32. The third kappa shape index (κ3) is 3.49. The first-order valence-electron chi connectivity index (χ1n) is 6.87. The van der Waals surface area contributed by atoms with Crippen molar-refractivity contribution in [1.82, 2.24) is 11.0 Å². The Labute approximate surface area is 151 Å². The van der Waals surface area contributed by atoms with Crippen molar-refractivity contribution >= 4 is 23.2 Å². The second-order valence-corrected chi connectivity index (χ2v) is 4.82. The Bertz CT molecular complexity index is 994. The average molecular weight is 386 g/mol. The SMILES string of the molecule is O=C1N=c2ccccc2=C1N[O-].O=C1N=c2ccccc2=C1N[O-].[Cu+2]. The molecule has 2 N–H and O–H groups in total. The minimum absolute atomic E-state index is 0. The summed E-state index contributed by atoms with van der Waals surface area (Å²) in [5, 5.41) is 22.9. The second kappa shape index (κ2) is 7.82. The maximum atomic E-state index is 11.0. The van der Waals surface area contributed by atoms with E-state index in [0.717, 1.165) is 0 Å². The van der Waals surface area contributed by atoms with Gasteiger partial charge in [0.2, 0.25) is 0 Å². The molecule has 0 aliphatic carbocycles. The minimum atomic E-state index is -0.494. The zero-order chi connectivity index (χ0) is 17.1. The molecule has 2 aromatic rings. The number of hydrogen-bond donors (Lipinski definition) is 2. The summed E-state index contributed by atoms with van der Waals surface area (Å²) in [5.41, 5.74) is 3.25. The molecule has 2 aromatic carbocycles. The van der Waals surface area contributed by atoms with Gasteiger partial charge in [-0.25, -0.2) is 9.98 Å². The molecule has 4 rings (SSSR count). The van der Waals surface area contributed by atoms with Gasteiger partial charge < -0.3 is 21.4 Å². The molecule has 9 heteroatoms. The van der Waals surface area contributed by atoms with Crippen LogP contribution in [0.5, 0.6) is 0 Å². The van der Waals surface area contributed by atoms with Gasteiger partial charge in [-0.3, -0.25) is 9.59 Å². The van der Waals surface area contributed by atoms with Crippen LogP contribution in [-0.4, -0.2) is 11.8 Å². The van der Waals surface area contributed by atoms with Crippen LogP contribution in [0.3, 0.4) is 0 Å². The van der Waals surface area contributed by atoms with E-state index in [1.165, 1.54) is 0 Å². The number of fused-ring (bicyclic) bond motifs is 2. The van der Waals surface area contributed by atoms with Gasteiger partial charge in [0, 0.05) is 10.4 Å². The summed E-state index contributed by atoms with van der Waals surface area (Å²) in [4.78, 5) is 29.3. The summed E-state index contributed by atoms with van der Waals surface area (Å²) in [6, 6.07) is 13.8. The molecule has 2 aliphatic rings. The smallest absolute Gasteiger partial charge is 0.761 e. The van der Waals surface area contributed by atoms with Crippen molar-refractivity contribution in [2.75, 3.05) is 0 Å². The number of nitrogens with zero attached hydrogens (tertiary/aromatic N) is 2. The van der Waals surface area contributed by atoms with E-state index in [1.807, 2.05) is 0 Å². The molecule has 0 bridgehead atoms. The first-order chi connectivity index (χ1) is 11.7. The van der Waals surface area contributed by atoms with Crippen molar-refractivity contribution in [3.8, 4) is 0 Å². The van der Waals surface area contributed by atoms with Gasteiger partial charge in [-0.15, -0.1) is 0 Å². The quantitative estimate of drug-likeness (QED) is 0.458. The number of para-hydroxylation sites is 2. The average Bonchev–Trinajstić information content (AvgIpc) is 3.09. The van der Waals surface area contributed by atoms with Crippen LogP contribution < -0.4 is 32.1 Å². The van der Waals surface area contributed by atoms with E-state index in [2.05, 4.69) is 9.98 Å². The zero-order valence-corrected chi connectivity index (χ0v) is 13.4. The number of carbonyl (C=O) groups excluding carboxylic acids is 2. The number of rotatable bonds is 2. The van der Waals surface area contributed by atoms with E-state index in [-0.39, 0.29) is 28.5 Å². The maximum absolute atomic E-state index is 11.0. The van der Waals surface area contributed by atoms with Gasteiger partial charge in [0.25, 0.3) is 11.8 Å². The molecule has 2 heterocycles. The van der Waals surface area contributed by atoms with Gasteiger partial charge in [-0.2, -0.15) is 0 Å². The first-order valence-corrected chi connectivity index (χ1v) is 6.87. The summed E-state index contributed by atoms with van der Waals surface area (Å²) in [6.45, 7) is 0. The van der Waals surface area contributed by atoms with Crippen LogP contribution in [0.1, 0.15) is 0 Å². The predicted molar refractivity (Wildman–Crippen MR) is 84.3 cm³/mol. The molecule has 2 aliphatic heterocycles. The summed E-state index contributed by atoms with van der Waals surface area (Å²) in [5.74, 6) is -0.989. The third-order valence-electron chi connectivity index (χ3n) is 3.42. The van der Waals surface area contributed by atoms with Crippen LogP contribution in [0.4, 0.5) is 0 Å². The Kier molecular flexibility index (Phi) is 5.79. The molecular weight excluding hydrogens is 376 g/mol. The number of hydroxylamine groups is 2. The van der Waals surface area contributed by atoms with Gasteiger partial charge >= 0.3 is 17.1 Å². The molecule has 25 heavy (non-hydrogen) atoms. The summed E-state index contributed by atoms with van der Waals surface area (Å²) < 4.78 is 0. The van der Waals surface area contributed by atoms with Crippen LogP contribution in [-0.2, 0) is 26.7 Å². The molecular formula is C16H10CuN4O4. The third-order valence-corrected chi connectivity index (χ3v) is 3.42. The molecule has 0 saturated heterocycles. The van der Waals surface area contributed by atoms with Gasteiger partial charge in [0.1, 0.15) is 11.4 Å². The van der Waals surface area contributed by atoms with Crippen molar-refractivity contribution < 1.29 is 26.7 Å². The number of amides is 2. The minimum Gasteiger partial charge on any atom is -0.761 e. The van der Waals surface area contributed by atoms with E-state index >= 15 is 0 Å². The molecule has 0 atom stereocenters. The number of benzene rings is 2. The summed E-state index contributed by atoms with van der Waals surface area (Å²) >= 11 is 0. The Morgan fingerprint density at radius 3 is 1.40 bits per heavy atom. The molecule has 8 nitrogen and oxygen atoms in total. The molecule has 0 aromatic heterocycles. The van der Waals surface area contributed by atoms with Crippen LogP contribution in [0.25, 0.3) is 11.4 Å². The molecule has 2 amide bonds. The standard InChI is InChI=1S/2C8H5N2O2.Cu/c2*11-8-7(10-12)5-3-1-2-4-6(5)9-8;/h2*1-4H,(H-,9,10,11,12);/q2*-1;+2. The Morgan fingerprint density at radius 1 is 0.680 bits per heavy atom. The maximum Gasteiger partial charge on any atom is 2.00 e. The monoisotopic (exact) mass is 385 g/mol. The summed E-state index contributed by atoms with van der Waals surface area (Å²) in [7, 11) is 0. The Hall–Kier alpha value is -2.84. The molecule has 0 saturated carbocycles. The van der Waals surface area contributed by atoms with E-state index in [1.54, 1.807) is 59.5 Å². The number of nitrogens with one attached hydrogen (secondary N) is 2. The zero-order valence-electron chi connectivity index (χ0n) is 12.4. The van der Waals surface area contributed by atoms with E-state index in [0.29, 0.717) is 21.2 Å². The molecule has 1 radical (unpaired) electrons. The number of hydrogen-bond acceptors (Lipinski definition) is 6. The molecule has 0 spiro atoms. The normalized spacial score (nSPS) is 13.5. The van der Waals surface area contributed by atoms with Gasteiger partial charge in [-0.1, -0.05) is 36.4 Å². The Morgan fingerprint density at radius 2 is 1.04 bits per heavy atom. The van der Waals surface area contributed by atoms with Crippen LogP contribution in [0.15, 0.2) is 58.5 Å². The van der Waals surface area contributed by atoms with Gasteiger partial charge in [-0.05, 0) is 12.1 Å². The molecule has 129 valence electrons. The van der Waals surface area contributed by atoms with Crippen LogP contribution in [0.2, 0.25) is 0 Å². The van der Waals surface area contributed by atoms with Gasteiger partial charge in [0.15, 0.2) is 0 Å². The fourth-order valence-electron chi connectivity index (χ4n) is 2.32. The molecule has 0 fully saturated rings. The van der Waals surface area contributed by atoms with E-state index in [4.69, 9.17) is 0 Å². The second-order valence-electron chi connectivity index (χ2n) is 4.82. The largest absolute Gasteiger partial charge is 2.00 e.